The molecule has 2 aromatic carbocycles. The Kier molecular flexibility index (Phi) is 4.09. The topological polar surface area (TPSA) is 61.8 Å². The SMILES string of the molecule is Cc1cc([C@@H]2NC(=O)c3cccc4c3N2CCC4)ccc1OCCO. The van der Waals surface area contributed by atoms with E-state index in [4.69, 9.17) is 9.84 Å². The summed E-state index contributed by atoms with van der Waals surface area (Å²) in [5, 5.41) is 12.1. The molecular formula is C20H22N2O3. The molecule has 5 nitrogen and oxygen atoms in total. The number of aliphatic hydroxyl groups excluding tert-OH is 1. The number of aliphatic hydroxyl groups is 1. The number of carbonyl (C=O) groups excluding carboxylic acids is 1. The van der Waals surface area contributed by atoms with Gasteiger partial charge >= 0.3 is 0 Å². The third-order valence-electron chi connectivity index (χ3n) is 4.94. The molecule has 2 heterocycles. The van der Waals surface area contributed by atoms with Gasteiger partial charge in [0.05, 0.1) is 17.9 Å². The Morgan fingerprint density at radius 3 is 3.00 bits per heavy atom. The largest absolute Gasteiger partial charge is 0.491 e. The molecule has 0 fully saturated rings. The summed E-state index contributed by atoms with van der Waals surface area (Å²) in [5.74, 6) is 0.748. The van der Waals surface area contributed by atoms with E-state index in [1.807, 2.05) is 31.2 Å². The van der Waals surface area contributed by atoms with Crippen molar-refractivity contribution in [3.63, 3.8) is 0 Å². The summed E-state index contributed by atoms with van der Waals surface area (Å²) in [4.78, 5) is 14.9. The fourth-order valence-electron chi connectivity index (χ4n) is 3.83. The zero-order valence-corrected chi connectivity index (χ0v) is 14.3. The maximum absolute atomic E-state index is 12.6. The van der Waals surface area contributed by atoms with E-state index in [2.05, 4.69) is 22.3 Å². The number of aryl methyl sites for hydroxylation is 2. The van der Waals surface area contributed by atoms with Gasteiger partial charge in [0.1, 0.15) is 18.5 Å². The first kappa shape index (κ1) is 16.0. The normalized spacial score (nSPS) is 18.6. The number of hydrogen-bond acceptors (Lipinski definition) is 4. The van der Waals surface area contributed by atoms with Crippen molar-refractivity contribution in [3.05, 3.63) is 58.7 Å². The van der Waals surface area contributed by atoms with E-state index in [-0.39, 0.29) is 25.3 Å². The zero-order chi connectivity index (χ0) is 17.4. The Bertz CT molecular complexity index is 819. The van der Waals surface area contributed by atoms with Crippen LogP contribution in [0, 0.1) is 6.92 Å². The number of rotatable bonds is 4. The Balaban J connectivity index is 1.71. The third kappa shape index (κ3) is 2.74. The maximum Gasteiger partial charge on any atom is 0.255 e. The standard InChI is InChI=1S/C20H22N2O3/c1-13-12-15(7-8-17(13)25-11-10-23)19-21-20(24)16-6-2-4-14-5-3-9-22(19)18(14)16/h2,4,6-8,12,19,23H,3,5,9-11H2,1H3,(H,21,24)/t19-/m1/s1. The average molecular weight is 338 g/mol. The molecule has 5 heteroatoms. The number of nitrogens with one attached hydrogen (secondary N) is 1. The van der Waals surface area contributed by atoms with Gasteiger partial charge in [-0.15, -0.1) is 0 Å². The number of para-hydroxylation sites is 1. The molecule has 0 aliphatic carbocycles. The van der Waals surface area contributed by atoms with Gasteiger partial charge < -0.3 is 20.1 Å². The first-order valence-electron chi connectivity index (χ1n) is 8.72. The fraction of sp³-hybridized carbons (Fsp3) is 0.350. The van der Waals surface area contributed by atoms with Crippen molar-refractivity contribution in [3.8, 4) is 5.75 Å². The Labute approximate surface area is 147 Å². The van der Waals surface area contributed by atoms with Crippen LogP contribution in [0.3, 0.4) is 0 Å². The van der Waals surface area contributed by atoms with Crippen LogP contribution >= 0.6 is 0 Å². The van der Waals surface area contributed by atoms with Crippen molar-refractivity contribution in [1.82, 2.24) is 5.32 Å². The van der Waals surface area contributed by atoms with Gasteiger partial charge in [-0.2, -0.15) is 0 Å². The minimum Gasteiger partial charge on any atom is -0.491 e. The van der Waals surface area contributed by atoms with Gasteiger partial charge in [0.2, 0.25) is 0 Å². The summed E-state index contributed by atoms with van der Waals surface area (Å²) in [7, 11) is 0. The summed E-state index contributed by atoms with van der Waals surface area (Å²) in [6.45, 7) is 3.18. The molecule has 0 saturated heterocycles. The van der Waals surface area contributed by atoms with E-state index in [1.165, 1.54) is 5.56 Å². The van der Waals surface area contributed by atoms with Crippen LogP contribution in [-0.2, 0) is 6.42 Å². The second-order valence-electron chi connectivity index (χ2n) is 6.58. The number of hydrogen-bond donors (Lipinski definition) is 2. The highest BCUT2D eigenvalue weighted by Gasteiger charge is 2.35. The average Bonchev–Trinajstić information content (AvgIpc) is 2.63. The van der Waals surface area contributed by atoms with E-state index in [0.717, 1.165) is 47.5 Å². The molecule has 1 amide bonds. The Morgan fingerprint density at radius 2 is 2.20 bits per heavy atom. The van der Waals surface area contributed by atoms with Crippen molar-refractivity contribution >= 4 is 11.6 Å². The lowest BCUT2D eigenvalue weighted by Crippen LogP contribution is -2.48. The van der Waals surface area contributed by atoms with E-state index in [9.17, 15) is 4.79 Å². The van der Waals surface area contributed by atoms with Crippen molar-refractivity contribution in [1.29, 1.82) is 0 Å². The number of anilines is 1. The number of benzene rings is 2. The molecule has 0 saturated carbocycles. The fourth-order valence-corrected chi connectivity index (χ4v) is 3.83. The predicted octanol–water partition coefficient (Wildman–Crippen LogP) is 2.56. The number of carbonyl (C=O) groups is 1. The number of nitrogens with zero attached hydrogens (tertiary/aromatic N) is 1. The molecule has 0 spiro atoms. The molecule has 0 aromatic heterocycles. The summed E-state index contributed by atoms with van der Waals surface area (Å²) in [5.41, 5.74) is 5.15. The minimum absolute atomic E-state index is 0.00673. The van der Waals surface area contributed by atoms with Gasteiger partial charge in [0, 0.05) is 6.54 Å². The Hall–Kier alpha value is -2.53. The quantitative estimate of drug-likeness (QED) is 0.899. The lowest BCUT2D eigenvalue weighted by Gasteiger charge is -2.43. The van der Waals surface area contributed by atoms with Crippen LogP contribution in [0.1, 0.15) is 39.6 Å². The van der Waals surface area contributed by atoms with E-state index in [1.54, 1.807) is 0 Å². The molecule has 1 atom stereocenters. The van der Waals surface area contributed by atoms with Crippen LogP contribution in [0.15, 0.2) is 36.4 Å². The summed E-state index contributed by atoms with van der Waals surface area (Å²) < 4.78 is 5.54. The van der Waals surface area contributed by atoms with Crippen LogP contribution in [0.4, 0.5) is 5.69 Å². The lowest BCUT2D eigenvalue weighted by atomic mass is 9.93. The predicted molar refractivity (Wildman–Crippen MR) is 96.1 cm³/mol. The molecular weight excluding hydrogens is 316 g/mol. The first-order valence-corrected chi connectivity index (χ1v) is 8.72. The van der Waals surface area contributed by atoms with E-state index >= 15 is 0 Å². The molecule has 2 aliphatic heterocycles. The van der Waals surface area contributed by atoms with Crippen LogP contribution in [0.5, 0.6) is 5.75 Å². The first-order chi connectivity index (χ1) is 12.2. The molecule has 0 bridgehead atoms. The van der Waals surface area contributed by atoms with E-state index < -0.39 is 0 Å². The smallest absolute Gasteiger partial charge is 0.255 e. The molecule has 2 aliphatic rings. The monoisotopic (exact) mass is 338 g/mol. The third-order valence-corrected chi connectivity index (χ3v) is 4.94. The second kappa shape index (κ2) is 6.41. The highest BCUT2D eigenvalue weighted by atomic mass is 16.5. The second-order valence-corrected chi connectivity index (χ2v) is 6.58. The summed E-state index contributed by atoms with van der Waals surface area (Å²) in [6.07, 6.45) is 1.94. The zero-order valence-electron chi connectivity index (χ0n) is 14.3. The van der Waals surface area contributed by atoms with Crippen LogP contribution < -0.4 is 15.0 Å². The minimum atomic E-state index is -0.160. The van der Waals surface area contributed by atoms with Crippen molar-refractivity contribution in [2.24, 2.45) is 0 Å². The highest BCUT2D eigenvalue weighted by Crippen LogP contribution is 2.39. The van der Waals surface area contributed by atoms with Crippen LogP contribution in [0.2, 0.25) is 0 Å². The van der Waals surface area contributed by atoms with Gasteiger partial charge in [0.25, 0.3) is 5.91 Å². The molecule has 2 N–H and O–H groups in total. The molecule has 0 radical (unpaired) electrons. The summed E-state index contributed by atoms with van der Waals surface area (Å²) >= 11 is 0. The maximum atomic E-state index is 12.6. The van der Waals surface area contributed by atoms with Gasteiger partial charge in [-0.3, -0.25) is 4.79 Å². The van der Waals surface area contributed by atoms with Crippen molar-refractivity contribution < 1.29 is 14.6 Å². The lowest BCUT2D eigenvalue weighted by molar-refractivity contribution is 0.0925. The van der Waals surface area contributed by atoms with Crippen LogP contribution in [-0.4, -0.2) is 30.8 Å². The van der Waals surface area contributed by atoms with Gasteiger partial charge in [-0.25, -0.2) is 0 Å². The van der Waals surface area contributed by atoms with Crippen molar-refractivity contribution in [2.45, 2.75) is 25.9 Å². The van der Waals surface area contributed by atoms with Gasteiger partial charge in [-0.1, -0.05) is 18.2 Å². The number of amides is 1. The molecule has 4 rings (SSSR count). The van der Waals surface area contributed by atoms with Gasteiger partial charge in [0.15, 0.2) is 0 Å². The molecule has 2 aromatic rings. The van der Waals surface area contributed by atoms with Crippen molar-refractivity contribution in [2.75, 3.05) is 24.7 Å². The molecule has 0 unspecified atom stereocenters. The highest BCUT2D eigenvalue weighted by molar-refractivity contribution is 6.03. The van der Waals surface area contributed by atoms with Gasteiger partial charge in [-0.05, 0) is 54.7 Å². The number of ether oxygens (including phenoxy) is 1. The Morgan fingerprint density at radius 1 is 1.32 bits per heavy atom. The molecule has 130 valence electrons. The van der Waals surface area contributed by atoms with Crippen LogP contribution in [0.25, 0.3) is 0 Å². The van der Waals surface area contributed by atoms with E-state index in [0.29, 0.717) is 0 Å². The molecule has 25 heavy (non-hydrogen) atoms. The summed E-state index contributed by atoms with van der Waals surface area (Å²) in [6, 6.07) is 12.0.